The van der Waals surface area contributed by atoms with Crippen LogP contribution in [-0.4, -0.2) is 135 Å². The molecule has 0 radical (unpaired) electrons. The molecule has 3 N–H and O–H groups in total. The van der Waals surface area contributed by atoms with Crippen molar-refractivity contribution in [3.63, 3.8) is 0 Å². The molecule has 82 heavy (non-hydrogen) atoms. The third-order valence-corrected chi connectivity index (χ3v) is 10.3. The SMILES string of the molecule is CC.CC.CC.CC.CC.Cc1cn[nH]n1.Cc1cn[nH]n1.Cc1cn[nH]n1.Cc1nnoc1C.Cc1nnoc1C.Cc1nnsc1C.Cc1nnsc1C.Cc1nsc(C)n1.Cc1nsc(C)n1.Cn1ccnn1.Cn1nccn1. The molecule has 0 atom stereocenters. The molecule has 0 aliphatic rings. The quantitative estimate of drug-likeness (QED) is 0.127. The third kappa shape index (κ3) is 50.4. The standard InChI is InChI=1S/2C4H6N2O.4C4H6N2S.5C3H5N3.5C2H6/c2*1-3-4(2)7-6-5-3;2*1-3-5-4(2)7-6-3;2*1-3-4(2)7-6-5-3;1-6-3-2-4-5-6;1-6-4-2-3-5-6;3*1-3-2-4-6-5-3;5*1-2/h6*1-2H3;2*2-3H,1H3;3*2H,1H3,(H,4,5,6);5*1-2H3. The van der Waals surface area contributed by atoms with Crippen LogP contribution in [0.4, 0.5) is 0 Å². The Morgan fingerprint density at radius 2 is 0.768 bits per heavy atom. The second-order valence-electron chi connectivity index (χ2n) is 13.8. The number of H-pyrrole nitrogens is 3. The molecule has 11 aromatic rings. The van der Waals surface area contributed by atoms with Crippen LogP contribution in [0.5, 0.6) is 0 Å². The zero-order chi connectivity index (χ0) is 63.7. The number of rotatable bonds is 0. The molecule has 0 spiro atoms. The van der Waals surface area contributed by atoms with E-state index >= 15 is 0 Å². The number of aromatic nitrogens is 27. The normalized spacial score (nSPS) is 8.43. The van der Waals surface area contributed by atoms with Gasteiger partial charge in [-0.1, -0.05) is 83.4 Å². The maximum Gasteiger partial charge on any atom is 0.156 e. The maximum atomic E-state index is 4.60. The fourth-order valence-corrected chi connectivity index (χ4v) is 5.12. The molecule has 0 saturated heterocycles. The average molecular weight is 1220 g/mol. The molecule has 0 amide bonds. The summed E-state index contributed by atoms with van der Waals surface area (Å²) in [5.41, 5.74) is 6.59. The van der Waals surface area contributed by atoms with E-state index in [1.54, 1.807) is 55.1 Å². The maximum absolute atomic E-state index is 4.60. The predicted molar refractivity (Wildman–Crippen MR) is 327 cm³/mol. The van der Waals surface area contributed by atoms with Crippen molar-refractivity contribution < 1.29 is 9.05 Å². The van der Waals surface area contributed by atoms with E-state index in [-0.39, 0.29) is 0 Å². The Bertz CT molecular complexity index is 2390. The fourth-order valence-electron chi connectivity index (χ4n) is 3.25. The highest BCUT2D eigenvalue weighted by molar-refractivity contribution is 7.06. The lowest BCUT2D eigenvalue weighted by atomic mass is 10.4. The van der Waals surface area contributed by atoms with Crippen molar-refractivity contribution in [3.05, 3.63) is 126 Å². The first-order valence-corrected chi connectivity index (χ1v) is 29.0. The fraction of sp³-hybridized carbons (Fsp3) is 0.551. The van der Waals surface area contributed by atoms with E-state index in [1.807, 2.05) is 180 Å². The van der Waals surface area contributed by atoms with Crippen LogP contribution in [0.1, 0.15) is 152 Å². The summed E-state index contributed by atoms with van der Waals surface area (Å²) in [6, 6.07) is 0. The van der Waals surface area contributed by atoms with E-state index in [9.17, 15) is 0 Å². The van der Waals surface area contributed by atoms with Gasteiger partial charge in [-0.25, -0.2) is 9.97 Å². The number of nitrogens with zero attached hydrogens (tertiary/aromatic N) is 24. The van der Waals surface area contributed by atoms with E-state index in [0.29, 0.717) is 0 Å². The molecule has 458 valence electrons. The van der Waals surface area contributed by atoms with Gasteiger partial charge in [-0.05, 0) is 150 Å². The Labute approximate surface area is 500 Å². The molecule has 33 heteroatoms. The van der Waals surface area contributed by atoms with Gasteiger partial charge in [0.1, 0.15) is 33.1 Å². The zero-order valence-electron chi connectivity index (χ0n) is 53.2. The lowest BCUT2D eigenvalue weighted by molar-refractivity contribution is 0.373. The summed E-state index contributed by atoms with van der Waals surface area (Å²) in [7, 11) is 3.60. The Hall–Kier alpha value is -7.78. The van der Waals surface area contributed by atoms with Crippen LogP contribution in [0.2, 0.25) is 0 Å². The van der Waals surface area contributed by atoms with Gasteiger partial charge < -0.3 is 9.05 Å². The average Bonchev–Trinajstić information content (AvgIpc) is 4.29. The summed E-state index contributed by atoms with van der Waals surface area (Å²) in [6.45, 7) is 48.6. The number of nitrogens with one attached hydrogen (secondary N) is 3. The van der Waals surface area contributed by atoms with Gasteiger partial charge in [0.15, 0.2) is 11.5 Å². The van der Waals surface area contributed by atoms with Crippen molar-refractivity contribution in [1.82, 2.24) is 135 Å². The smallest absolute Gasteiger partial charge is 0.156 e. The zero-order valence-corrected chi connectivity index (χ0v) is 56.5. The topological polar surface area (TPSA) is 367 Å². The summed E-state index contributed by atoms with van der Waals surface area (Å²) in [5.74, 6) is 3.34. The number of aryl methyl sites for hydroxylation is 17. The minimum Gasteiger partial charge on any atom is -0.342 e. The summed E-state index contributed by atoms with van der Waals surface area (Å²) in [4.78, 5) is 12.0. The molecule has 0 saturated carbocycles. The minimum atomic E-state index is 0.792. The molecule has 0 aliphatic heterocycles. The third-order valence-electron chi connectivity index (χ3n) is 7.45. The van der Waals surface area contributed by atoms with Crippen molar-refractivity contribution in [2.45, 2.75) is 173 Å². The predicted octanol–water partition coefficient (Wildman–Crippen LogP) is 11.1. The van der Waals surface area contributed by atoms with E-state index in [4.69, 9.17) is 0 Å². The Morgan fingerprint density at radius 1 is 0.427 bits per heavy atom. The summed E-state index contributed by atoms with van der Waals surface area (Å²) in [6.07, 6.45) is 11.7. The van der Waals surface area contributed by atoms with Crippen LogP contribution in [0, 0.1) is 104 Å². The second-order valence-corrected chi connectivity index (χ2v) is 17.6. The van der Waals surface area contributed by atoms with E-state index in [1.165, 1.54) is 60.7 Å². The second kappa shape index (κ2) is 57.9. The van der Waals surface area contributed by atoms with Crippen LogP contribution in [0.3, 0.4) is 0 Å². The molecule has 0 fully saturated rings. The molecule has 0 bridgehead atoms. The lowest BCUT2D eigenvalue weighted by Gasteiger charge is -1.75. The van der Waals surface area contributed by atoms with Gasteiger partial charge in [-0.15, -0.1) is 25.5 Å². The molecular weight excluding hydrogens is 1130 g/mol. The number of hydrogen-bond donors (Lipinski definition) is 3. The lowest BCUT2D eigenvalue weighted by Crippen LogP contribution is -1.89. The Morgan fingerprint density at radius 3 is 0.841 bits per heavy atom. The van der Waals surface area contributed by atoms with Crippen LogP contribution >= 0.6 is 46.1 Å². The van der Waals surface area contributed by atoms with Crippen LogP contribution < -0.4 is 0 Å². The van der Waals surface area contributed by atoms with Crippen molar-refractivity contribution in [1.29, 1.82) is 0 Å². The first kappa shape index (κ1) is 83.0. The van der Waals surface area contributed by atoms with Crippen molar-refractivity contribution in [3.8, 4) is 0 Å². The molecule has 29 nitrogen and oxygen atoms in total. The molecule has 0 aliphatic carbocycles. The van der Waals surface area contributed by atoms with Crippen molar-refractivity contribution >= 4 is 46.1 Å². The largest absolute Gasteiger partial charge is 0.342 e. The van der Waals surface area contributed by atoms with Gasteiger partial charge in [0.2, 0.25) is 0 Å². The summed E-state index contributed by atoms with van der Waals surface area (Å²) in [5, 5.41) is 67.1. The van der Waals surface area contributed by atoms with E-state index in [2.05, 4.69) is 134 Å². The van der Waals surface area contributed by atoms with E-state index < -0.39 is 0 Å². The van der Waals surface area contributed by atoms with Crippen LogP contribution in [0.25, 0.3) is 0 Å². The monoisotopic (exact) mass is 1220 g/mol. The van der Waals surface area contributed by atoms with Crippen molar-refractivity contribution in [2.75, 3.05) is 0 Å². The van der Waals surface area contributed by atoms with Gasteiger partial charge in [-0.3, -0.25) is 4.68 Å². The summed E-state index contributed by atoms with van der Waals surface area (Å²) >= 11 is 5.77. The molecule has 11 heterocycles. The van der Waals surface area contributed by atoms with Gasteiger partial charge in [0.25, 0.3) is 0 Å². The minimum absolute atomic E-state index is 0.792. The highest BCUT2D eigenvalue weighted by Gasteiger charge is 1.95. The molecule has 11 rings (SSSR count). The van der Waals surface area contributed by atoms with Gasteiger partial charge in [0.05, 0.1) is 65.7 Å². The molecule has 0 aromatic carbocycles. The van der Waals surface area contributed by atoms with E-state index in [0.717, 1.165) is 73.0 Å². The Balaban J connectivity index is -0.000000261. The Kier molecular flexibility index (Phi) is 58.6. The van der Waals surface area contributed by atoms with Crippen LogP contribution in [-0.2, 0) is 14.1 Å². The van der Waals surface area contributed by atoms with Crippen molar-refractivity contribution in [2.24, 2.45) is 14.1 Å². The van der Waals surface area contributed by atoms with Gasteiger partial charge >= 0.3 is 0 Å². The van der Waals surface area contributed by atoms with Gasteiger partial charge in [0, 0.05) is 40.6 Å². The van der Waals surface area contributed by atoms with Gasteiger partial charge in [-0.2, -0.15) is 70.0 Å². The molecule has 0 unspecified atom stereocenters. The number of aromatic amines is 3. The first-order valence-electron chi connectivity index (χ1n) is 25.9. The summed E-state index contributed by atoms with van der Waals surface area (Å²) < 4.78 is 26.2. The molecule has 11 aromatic heterocycles. The highest BCUT2D eigenvalue weighted by Crippen LogP contribution is 2.05. The van der Waals surface area contributed by atoms with Crippen LogP contribution in [0.15, 0.2) is 52.4 Å². The number of hydrogen-bond acceptors (Lipinski definition) is 28. The molecular formula is C49H91N27O2S4. The highest BCUT2D eigenvalue weighted by atomic mass is 32.1. The first-order chi connectivity index (χ1) is 39.3.